The lowest BCUT2D eigenvalue weighted by Crippen LogP contribution is -2.35. The highest BCUT2D eigenvalue weighted by molar-refractivity contribution is 9.10. The zero-order valence-electron chi connectivity index (χ0n) is 19.9. The summed E-state index contributed by atoms with van der Waals surface area (Å²) >= 11 is 3.37. The van der Waals surface area contributed by atoms with Crippen LogP contribution in [0, 0.1) is 6.92 Å². The molecule has 0 aromatic heterocycles. The van der Waals surface area contributed by atoms with Crippen LogP contribution < -0.4 is 20.2 Å². The Labute approximate surface area is 217 Å². The van der Waals surface area contributed by atoms with Crippen molar-refractivity contribution in [2.75, 3.05) is 13.2 Å². The van der Waals surface area contributed by atoms with Gasteiger partial charge in [-0.2, -0.15) is 5.10 Å². The predicted molar refractivity (Wildman–Crippen MR) is 141 cm³/mol. The zero-order chi connectivity index (χ0) is 25.9. The largest absolute Gasteiger partial charge is 0.494 e. The molecule has 9 heteroatoms. The fraction of sp³-hybridized carbons (Fsp3) is 0.185. The molecule has 3 aromatic carbocycles. The van der Waals surface area contributed by atoms with Crippen molar-refractivity contribution >= 4 is 39.9 Å². The Morgan fingerprint density at radius 2 is 1.78 bits per heavy atom. The lowest BCUT2D eigenvalue weighted by molar-refractivity contribution is -0.120. The van der Waals surface area contributed by atoms with Crippen LogP contribution in [0.3, 0.4) is 0 Å². The molecule has 186 valence electrons. The van der Waals surface area contributed by atoms with Gasteiger partial charge in [0.2, 0.25) is 0 Å². The van der Waals surface area contributed by atoms with Crippen LogP contribution in [0.5, 0.6) is 11.5 Å². The van der Waals surface area contributed by atoms with Gasteiger partial charge >= 0.3 is 5.97 Å². The van der Waals surface area contributed by atoms with Gasteiger partial charge < -0.3 is 14.8 Å². The molecule has 0 radical (unpaired) electrons. The molecular formula is C27H26BrN3O5. The summed E-state index contributed by atoms with van der Waals surface area (Å²) in [6, 6.07) is 18.8. The monoisotopic (exact) mass is 551 g/mol. The number of hydrazone groups is 1. The number of amides is 2. The molecule has 2 N–H and O–H groups in total. The third-order valence-electron chi connectivity index (χ3n) is 4.93. The summed E-state index contributed by atoms with van der Waals surface area (Å²) in [5.74, 6) is -0.460. The molecular weight excluding hydrogens is 526 g/mol. The molecule has 0 saturated heterocycles. The summed E-state index contributed by atoms with van der Waals surface area (Å²) in [6.45, 7) is 4.18. The highest BCUT2D eigenvalue weighted by Crippen LogP contribution is 2.23. The Balaban J connectivity index is 1.58. The summed E-state index contributed by atoms with van der Waals surface area (Å²) in [6.07, 6.45) is 2.25. The maximum Gasteiger partial charge on any atom is 0.343 e. The smallest absolute Gasteiger partial charge is 0.343 e. The quantitative estimate of drug-likeness (QED) is 0.165. The Kier molecular flexibility index (Phi) is 9.76. The van der Waals surface area contributed by atoms with E-state index in [9.17, 15) is 14.4 Å². The maximum atomic E-state index is 12.6. The van der Waals surface area contributed by atoms with Gasteiger partial charge in [-0.1, -0.05) is 41.1 Å². The third-order valence-corrected chi connectivity index (χ3v) is 5.42. The first-order valence-corrected chi connectivity index (χ1v) is 12.1. The van der Waals surface area contributed by atoms with Gasteiger partial charge in [-0.15, -0.1) is 0 Å². The molecule has 3 rings (SSSR count). The second-order valence-corrected chi connectivity index (χ2v) is 8.65. The molecule has 0 bridgehead atoms. The van der Waals surface area contributed by atoms with Crippen molar-refractivity contribution < 1.29 is 23.9 Å². The number of benzene rings is 3. The summed E-state index contributed by atoms with van der Waals surface area (Å²) in [5.41, 5.74) is 4.49. The van der Waals surface area contributed by atoms with Gasteiger partial charge in [0, 0.05) is 15.6 Å². The molecule has 2 amide bonds. The zero-order valence-corrected chi connectivity index (χ0v) is 21.5. The molecule has 0 saturated carbocycles. The molecule has 0 spiro atoms. The lowest BCUT2D eigenvalue weighted by atomic mass is 10.1. The van der Waals surface area contributed by atoms with Crippen molar-refractivity contribution in [1.82, 2.24) is 10.7 Å². The van der Waals surface area contributed by atoms with E-state index < -0.39 is 11.9 Å². The second-order valence-electron chi connectivity index (χ2n) is 7.74. The van der Waals surface area contributed by atoms with Gasteiger partial charge in [0.1, 0.15) is 11.5 Å². The van der Waals surface area contributed by atoms with E-state index in [2.05, 4.69) is 31.8 Å². The number of ether oxygens (including phenoxy) is 2. The van der Waals surface area contributed by atoms with E-state index in [1.54, 1.807) is 54.6 Å². The van der Waals surface area contributed by atoms with Gasteiger partial charge in [-0.25, -0.2) is 10.2 Å². The third kappa shape index (κ3) is 7.78. The van der Waals surface area contributed by atoms with Gasteiger partial charge in [0.15, 0.2) is 0 Å². The fourth-order valence-corrected chi connectivity index (χ4v) is 3.45. The number of hydrogen-bond acceptors (Lipinski definition) is 6. The molecule has 0 aliphatic rings. The van der Waals surface area contributed by atoms with Crippen molar-refractivity contribution in [2.45, 2.75) is 20.3 Å². The Hall–Kier alpha value is -3.98. The van der Waals surface area contributed by atoms with Crippen LogP contribution >= 0.6 is 15.9 Å². The highest BCUT2D eigenvalue weighted by Gasteiger charge is 2.13. The minimum absolute atomic E-state index is 0.247. The van der Waals surface area contributed by atoms with Gasteiger partial charge in [-0.3, -0.25) is 9.59 Å². The van der Waals surface area contributed by atoms with Crippen molar-refractivity contribution in [3.8, 4) is 11.5 Å². The first-order chi connectivity index (χ1) is 17.4. The summed E-state index contributed by atoms with van der Waals surface area (Å²) in [5, 5.41) is 6.48. The summed E-state index contributed by atoms with van der Waals surface area (Å²) < 4.78 is 11.8. The SMILES string of the molecule is CCCOc1ccc(C(=O)Oc2ccc(Br)cc2/C=N/NC(=O)CNC(=O)c2ccccc2C)cc1. The van der Waals surface area contributed by atoms with E-state index in [1.807, 2.05) is 26.0 Å². The fourth-order valence-electron chi connectivity index (χ4n) is 3.08. The lowest BCUT2D eigenvalue weighted by Gasteiger charge is -2.09. The molecule has 0 atom stereocenters. The van der Waals surface area contributed by atoms with E-state index in [4.69, 9.17) is 9.47 Å². The van der Waals surface area contributed by atoms with E-state index >= 15 is 0 Å². The normalized spacial score (nSPS) is 10.6. The number of rotatable bonds is 10. The van der Waals surface area contributed by atoms with Gasteiger partial charge in [-0.05, 0) is 67.4 Å². The number of nitrogens with zero attached hydrogens (tertiary/aromatic N) is 1. The molecule has 8 nitrogen and oxygen atoms in total. The number of hydrogen-bond donors (Lipinski definition) is 2. The number of esters is 1. The van der Waals surface area contributed by atoms with Crippen molar-refractivity contribution in [1.29, 1.82) is 0 Å². The number of nitrogens with one attached hydrogen (secondary N) is 2. The maximum absolute atomic E-state index is 12.6. The van der Waals surface area contributed by atoms with E-state index in [-0.39, 0.29) is 18.2 Å². The Morgan fingerprint density at radius 3 is 2.50 bits per heavy atom. The molecule has 36 heavy (non-hydrogen) atoms. The van der Waals surface area contributed by atoms with Crippen LogP contribution in [-0.2, 0) is 4.79 Å². The highest BCUT2D eigenvalue weighted by atomic mass is 79.9. The molecule has 0 aliphatic carbocycles. The van der Waals surface area contributed by atoms with Gasteiger partial charge in [0.05, 0.1) is 24.9 Å². The van der Waals surface area contributed by atoms with Crippen molar-refractivity contribution in [3.63, 3.8) is 0 Å². The topological polar surface area (TPSA) is 106 Å². The van der Waals surface area contributed by atoms with Crippen LogP contribution in [0.15, 0.2) is 76.3 Å². The molecule has 0 fully saturated rings. The van der Waals surface area contributed by atoms with E-state index in [0.717, 1.165) is 16.5 Å². The van der Waals surface area contributed by atoms with Crippen LogP contribution in [0.25, 0.3) is 0 Å². The van der Waals surface area contributed by atoms with Crippen molar-refractivity contribution in [2.24, 2.45) is 5.10 Å². The Bertz CT molecular complexity index is 1260. The number of aryl methyl sites for hydroxylation is 1. The van der Waals surface area contributed by atoms with Crippen LogP contribution in [-0.4, -0.2) is 37.1 Å². The Morgan fingerprint density at radius 1 is 1.03 bits per heavy atom. The average Bonchev–Trinajstić information content (AvgIpc) is 2.88. The predicted octanol–water partition coefficient (Wildman–Crippen LogP) is 4.65. The summed E-state index contributed by atoms with van der Waals surface area (Å²) in [4.78, 5) is 37.0. The van der Waals surface area contributed by atoms with Crippen LogP contribution in [0.1, 0.15) is 45.2 Å². The minimum Gasteiger partial charge on any atom is -0.494 e. The first-order valence-electron chi connectivity index (χ1n) is 11.3. The molecule has 0 heterocycles. The number of carbonyl (C=O) groups excluding carboxylic acids is 3. The van der Waals surface area contributed by atoms with E-state index in [0.29, 0.717) is 29.0 Å². The molecule has 3 aromatic rings. The van der Waals surface area contributed by atoms with Gasteiger partial charge in [0.25, 0.3) is 11.8 Å². The van der Waals surface area contributed by atoms with Crippen LogP contribution in [0.4, 0.5) is 0 Å². The van der Waals surface area contributed by atoms with Crippen LogP contribution in [0.2, 0.25) is 0 Å². The first kappa shape index (κ1) is 26.6. The number of halogens is 1. The van der Waals surface area contributed by atoms with Crippen molar-refractivity contribution in [3.05, 3.63) is 93.5 Å². The average molecular weight is 552 g/mol. The minimum atomic E-state index is -0.544. The number of carbonyl (C=O) groups is 3. The second kappa shape index (κ2) is 13.2. The standard InChI is InChI=1S/C27H26BrN3O5/c1-3-14-35-22-11-8-19(9-12-22)27(34)36-24-13-10-21(28)15-20(24)16-30-31-25(32)17-29-26(33)23-7-5-4-6-18(23)2/h4-13,15-16H,3,14,17H2,1-2H3,(H,29,33)(H,31,32)/b30-16+. The molecule has 0 aliphatic heterocycles. The molecule has 0 unspecified atom stereocenters. The summed E-state index contributed by atoms with van der Waals surface area (Å²) in [7, 11) is 0. The van der Waals surface area contributed by atoms with E-state index in [1.165, 1.54) is 6.21 Å².